The van der Waals surface area contributed by atoms with Gasteiger partial charge in [0.25, 0.3) is 5.91 Å². The molecule has 0 spiro atoms. The van der Waals surface area contributed by atoms with Gasteiger partial charge in [0.15, 0.2) is 5.78 Å². The summed E-state index contributed by atoms with van der Waals surface area (Å²) in [5.74, 6) is -1.91. The minimum atomic E-state index is -4.86. The van der Waals surface area contributed by atoms with E-state index in [1.54, 1.807) is 24.3 Å². The highest BCUT2D eigenvalue weighted by Crippen LogP contribution is 2.38. The van der Waals surface area contributed by atoms with Crippen molar-refractivity contribution in [3.05, 3.63) is 64.7 Å². The topological polar surface area (TPSA) is 93.7 Å². The molecule has 1 aliphatic carbocycles. The number of alkyl halides is 3. The summed E-state index contributed by atoms with van der Waals surface area (Å²) in [5.41, 5.74) is -0.375. The summed E-state index contributed by atoms with van der Waals surface area (Å²) in [4.78, 5) is 38.8. The molecule has 2 N–H and O–H groups in total. The van der Waals surface area contributed by atoms with Gasteiger partial charge in [-0.3, -0.25) is 14.4 Å². The Hall–Kier alpha value is -3.11. The summed E-state index contributed by atoms with van der Waals surface area (Å²) < 4.78 is 46.5. The number of fused-ring (bicyclic) bond motifs is 1. The van der Waals surface area contributed by atoms with E-state index in [9.17, 15) is 27.6 Å². The van der Waals surface area contributed by atoms with E-state index in [1.165, 1.54) is 0 Å². The summed E-state index contributed by atoms with van der Waals surface area (Å²) in [6.45, 7) is -0.0779. The normalized spacial score (nSPS) is 22.4. The van der Waals surface area contributed by atoms with Gasteiger partial charge >= 0.3 is 6.36 Å². The van der Waals surface area contributed by atoms with Gasteiger partial charge in [-0.15, -0.1) is 13.2 Å². The average Bonchev–Trinajstić information content (AvgIpc) is 3.33. The Labute approximate surface area is 203 Å². The number of hydrogen-bond acceptors (Lipinski definition) is 5. The number of hydrogen-bond donors (Lipinski definition) is 2. The number of nitrogens with one attached hydrogen (secondary N) is 2. The quantitative estimate of drug-likeness (QED) is 0.594. The van der Waals surface area contributed by atoms with Gasteiger partial charge in [-0.2, -0.15) is 0 Å². The number of halogens is 4. The van der Waals surface area contributed by atoms with Crippen LogP contribution in [0.5, 0.6) is 5.75 Å². The Balaban J connectivity index is 1.52. The van der Waals surface area contributed by atoms with Crippen molar-refractivity contribution in [1.82, 2.24) is 10.6 Å². The smallest absolute Gasteiger partial charge is 0.406 e. The maximum Gasteiger partial charge on any atom is 0.573 e. The third-order valence-corrected chi connectivity index (χ3v) is 6.42. The van der Waals surface area contributed by atoms with Crippen LogP contribution >= 0.6 is 11.6 Å². The van der Waals surface area contributed by atoms with Crippen molar-refractivity contribution in [2.75, 3.05) is 6.61 Å². The second kappa shape index (κ2) is 9.87. The maximum absolute atomic E-state index is 13.3. The molecule has 7 nitrogen and oxygen atoms in total. The molecule has 1 aliphatic heterocycles. The minimum absolute atomic E-state index is 0.0330. The van der Waals surface area contributed by atoms with E-state index in [0.29, 0.717) is 23.4 Å². The second-order valence-electron chi connectivity index (χ2n) is 8.50. The van der Waals surface area contributed by atoms with Crippen LogP contribution in [0.3, 0.4) is 0 Å². The Kier molecular flexibility index (Phi) is 7.05. The lowest BCUT2D eigenvalue weighted by Gasteiger charge is -2.30. The highest BCUT2D eigenvalue weighted by atomic mass is 35.5. The highest BCUT2D eigenvalue weighted by Gasteiger charge is 2.55. The predicted octanol–water partition coefficient (Wildman–Crippen LogP) is 3.59. The van der Waals surface area contributed by atoms with Gasteiger partial charge in [-0.05, 0) is 61.2 Å². The molecule has 1 heterocycles. The van der Waals surface area contributed by atoms with Crippen molar-refractivity contribution < 1.29 is 37.0 Å². The van der Waals surface area contributed by atoms with E-state index < -0.39 is 41.6 Å². The number of ether oxygens (including phenoxy) is 2. The Bertz CT molecular complexity index is 1110. The largest absolute Gasteiger partial charge is 0.573 e. The van der Waals surface area contributed by atoms with Crippen LogP contribution in [0.1, 0.15) is 35.2 Å². The third-order valence-electron chi connectivity index (χ3n) is 6.17. The molecule has 186 valence electrons. The molecule has 1 saturated carbocycles. The number of ketones is 1. The molecule has 11 heteroatoms. The molecule has 0 radical (unpaired) electrons. The summed E-state index contributed by atoms with van der Waals surface area (Å²) in [5, 5.41) is 5.96. The lowest BCUT2D eigenvalue weighted by atomic mass is 9.91. The molecule has 4 rings (SSSR count). The molecule has 0 bridgehead atoms. The molecule has 2 aromatic carbocycles. The molecule has 2 aromatic rings. The van der Waals surface area contributed by atoms with Gasteiger partial charge in [0.1, 0.15) is 23.9 Å². The Morgan fingerprint density at radius 3 is 2.49 bits per heavy atom. The fourth-order valence-electron chi connectivity index (χ4n) is 4.46. The van der Waals surface area contributed by atoms with Crippen LogP contribution < -0.4 is 15.4 Å². The number of Topliss-reactive ketones (excluding diaryl/α,β-unsaturated/α-hetero) is 1. The number of benzene rings is 2. The van der Waals surface area contributed by atoms with Crippen LogP contribution in [-0.2, 0) is 20.7 Å². The number of rotatable bonds is 7. The van der Waals surface area contributed by atoms with E-state index in [-0.39, 0.29) is 24.4 Å². The van der Waals surface area contributed by atoms with E-state index in [0.717, 1.165) is 30.7 Å². The molecule has 35 heavy (non-hydrogen) atoms. The van der Waals surface area contributed by atoms with Crippen molar-refractivity contribution in [1.29, 1.82) is 0 Å². The van der Waals surface area contributed by atoms with Crippen LogP contribution in [0.2, 0.25) is 5.02 Å². The fourth-order valence-corrected chi connectivity index (χ4v) is 4.58. The Morgan fingerprint density at radius 2 is 1.83 bits per heavy atom. The summed E-state index contributed by atoms with van der Waals surface area (Å²) in [7, 11) is 0. The first-order valence-corrected chi connectivity index (χ1v) is 11.3. The Morgan fingerprint density at radius 1 is 1.14 bits per heavy atom. The zero-order chi connectivity index (χ0) is 25.2. The molecule has 3 unspecified atom stereocenters. The van der Waals surface area contributed by atoms with Crippen molar-refractivity contribution >= 4 is 29.2 Å². The summed E-state index contributed by atoms with van der Waals surface area (Å²) in [6, 6.07) is 9.97. The van der Waals surface area contributed by atoms with Gasteiger partial charge < -0.3 is 20.1 Å². The first-order valence-electron chi connectivity index (χ1n) is 10.9. The lowest BCUT2D eigenvalue weighted by Crippen LogP contribution is -2.60. The number of carbonyl (C=O) groups excluding carboxylic acids is 3. The monoisotopic (exact) mass is 510 g/mol. The maximum atomic E-state index is 13.3. The van der Waals surface area contributed by atoms with Crippen molar-refractivity contribution in [3.63, 3.8) is 0 Å². The van der Waals surface area contributed by atoms with Crippen LogP contribution in [0.25, 0.3) is 0 Å². The molecular formula is C24H22ClF3N2O5. The molecule has 2 amide bonds. The van der Waals surface area contributed by atoms with Crippen molar-refractivity contribution in [3.8, 4) is 5.75 Å². The fraction of sp³-hybridized carbons (Fsp3) is 0.375. The van der Waals surface area contributed by atoms with Crippen molar-refractivity contribution in [2.24, 2.45) is 0 Å². The second-order valence-corrected chi connectivity index (χ2v) is 8.94. The predicted molar refractivity (Wildman–Crippen MR) is 119 cm³/mol. The van der Waals surface area contributed by atoms with Crippen LogP contribution in [-0.4, -0.2) is 48.3 Å². The molecule has 0 aromatic heterocycles. The summed E-state index contributed by atoms with van der Waals surface area (Å²) in [6.07, 6.45) is -3.36. The highest BCUT2D eigenvalue weighted by molar-refractivity contribution is 6.30. The first kappa shape index (κ1) is 25.0. The molecular weight excluding hydrogens is 489 g/mol. The summed E-state index contributed by atoms with van der Waals surface area (Å²) >= 11 is 5.94. The van der Waals surface area contributed by atoms with Crippen molar-refractivity contribution in [2.45, 2.75) is 49.7 Å². The van der Waals surface area contributed by atoms with Crippen LogP contribution in [0.15, 0.2) is 48.5 Å². The average molecular weight is 511 g/mol. The van der Waals surface area contributed by atoms with Gasteiger partial charge in [-0.25, -0.2) is 0 Å². The third kappa shape index (κ3) is 5.76. The SMILES string of the molecule is O=C(NC(Cc1ccc(Cl)cc1)C(=O)NC12CCCC1OCC2=O)c1ccc(OC(F)(F)F)cc1. The van der Waals surface area contributed by atoms with Gasteiger partial charge in [-0.1, -0.05) is 23.7 Å². The number of carbonyl (C=O) groups is 3. The molecule has 2 fully saturated rings. The number of amides is 2. The van der Waals surface area contributed by atoms with E-state index >= 15 is 0 Å². The lowest BCUT2D eigenvalue weighted by molar-refractivity contribution is -0.274. The molecule has 3 atom stereocenters. The van der Waals surface area contributed by atoms with Crippen LogP contribution in [0.4, 0.5) is 13.2 Å². The standard InChI is InChI=1S/C24H22ClF3N2O5/c25-16-7-3-14(4-8-16)12-18(22(33)30-23-11-1-2-20(23)34-13-19(23)31)29-21(32)15-5-9-17(10-6-15)35-24(26,27)28/h3-10,18,20H,1-2,11-13H2,(H,29,32)(H,30,33). The molecule has 1 saturated heterocycles. The molecule has 2 aliphatic rings. The minimum Gasteiger partial charge on any atom is -0.406 e. The zero-order valence-corrected chi connectivity index (χ0v) is 19.1. The zero-order valence-electron chi connectivity index (χ0n) is 18.4. The van der Waals surface area contributed by atoms with Gasteiger partial charge in [0.05, 0.1) is 6.10 Å². The van der Waals surface area contributed by atoms with E-state index in [1.807, 2.05) is 0 Å². The first-order chi connectivity index (χ1) is 16.6. The van der Waals surface area contributed by atoms with Gasteiger partial charge in [0, 0.05) is 17.0 Å². The van der Waals surface area contributed by atoms with Gasteiger partial charge in [0.2, 0.25) is 5.91 Å². The van der Waals surface area contributed by atoms with E-state index in [4.69, 9.17) is 16.3 Å². The van der Waals surface area contributed by atoms with E-state index in [2.05, 4.69) is 15.4 Å². The van der Waals surface area contributed by atoms with Crippen LogP contribution in [0, 0.1) is 0 Å².